The van der Waals surface area contributed by atoms with Crippen LogP contribution in [-0.4, -0.2) is 29.1 Å². The van der Waals surface area contributed by atoms with Crippen molar-refractivity contribution in [3.05, 3.63) is 59.7 Å². The molecule has 1 unspecified atom stereocenters. The number of anilines is 1. The Balaban J connectivity index is 2.11. The molecule has 1 atom stereocenters. The highest BCUT2D eigenvalue weighted by molar-refractivity contribution is 5.95. The maximum atomic E-state index is 13.0. The maximum Gasteiger partial charge on any atom is 0.251 e. The highest BCUT2D eigenvalue weighted by atomic mass is 19.1. The Morgan fingerprint density at radius 3 is 2.83 bits per heavy atom. The number of rotatable bonds is 7. The van der Waals surface area contributed by atoms with Gasteiger partial charge >= 0.3 is 0 Å². The Morgan fingerprint density at radius 1 is 1.35 bits per heavy atom. The number of aliphatic hydroxyl groups is 1. The summed E-state index contributed by atoms with van der Waals surface area (Å²) in [5.41, 5.74) is 2.02. The summed E-state index contributed by atoms with van der Waals surface area (Å²) in [4.78, 5) is 16.0. The van der Waals surface area contributed by atoms with Crippen LogP contribution in [-0.2, 0) is 0 Å². The molecule has 0 fully saturated rings. The SMILES string of the molecule is CCC(Nc1cccc(C(=O)NCCO)c1)c1ccc(F)cn1. The quantitative estimate of drug-likeness (QED) is 0.733. The van der Waals surface area contributed by atoms with Crippen LogP contribution in [0.3, 0.4) is 0 Å². The van der Waals surface area contributed by atoms with Gasteiger partial charge in [0, 0.05) is 17.8 Å². The molecule has 0 bridgehead atoms. The van der Waals surface area contributed by atoms with E-state index >= 15 is 0 Å². The topological polar surface area (TPSA) is 74.2 Å². The number of halogens is 1. The van der Waals surface area contributed by atoms with Crippen LogP contribution in [0.1, 0.15) is 35.4 Å². The second kappa shape index (κ2) is 8.24. The summed E-state index contributed by atoms with van der Waals surface area (Å²) in [5, 5.41) is 14.7. The molecule has 0 saturated carbocycles. The van der Waals surface area contributed by atoms with Gasteiger partial charge in [0.2, 0.25) is 0 Å². The summed E-state index contributed by atoms with van der Waals surface area (Å²) in [7, 11) is 0. The summed E-state index contributed by atoms with van der Waals surface area (Å²) in [6, 6.07) is 10.0. The third-order valence-corrected chi connectivity index (χ3v) is 3.38. The van der Waals surface area contributed by atoms with Gasteiger partial charge in [0.05, 0.1) is 24.5 Å². The van der Waals surface area contributed by atoms with Crippen LogP contribution in [0, 0.1) is 5.82 Å². The van der Waals surface area contributed by atoms with Crippen LogP contribution in [0.25, 0.3) is 0 Å². The van der Waals surface area contributed by atoms with Crippen molar-refractivity contribution in [3.63, 3.8) is 0 Å². The zero-order valence-electron chi connectivity index (χ0n) is 12.9. The number of amides is 1. The number of hydrogen-bond donors (Lipinski definition) is 3. The summed E-state index contributed by atoms with van der Waals surface area (Å²) < 4.78 is 13.0. The van der Waals surface area contributed by atoms with Gasteiger partial charge in [0.15, 0.2) is 0 Å². The van der Waals surface area contributed by atoms with Crippen molar-refractivity contribution in [2.75, 3.05) is 18.5 Å². The average Bonchev–Trinajstić information content (AvgIpc) is 2.58. The van der Waals surface area contributed by atoms with E-state index in [0.717, 1.165) is 17.8 Å². The fraction of sp³-hybridized carbons (Fsp3) is 0.294. The molecule has 0 aliphatic rings. The van der Waals surface area contributed by atoms with E-state index in [1.807, 2.05) is 13.0 Å². The summed E-state index contributed by atoms with van der Waals surface area (Å²) in [6.07, 6.45) is 1.96. The number of hydrogen-bond acceptors (Lipinski definition) is 4. The molecule has 6 heteroatoms. The number of aliphatic hydroxyl groups excluding tert-OH is 1. The highest BCUT2D eigenvalue weighted by Gasteiger charge is 2.12. The fourth-order valence-corrected chi connectivity index (χ4v) is 2.20. The third-order valence-electron chi connectivity index (χ3n) is 3.38. The van der Waals surface area contributed by atoms with E-state index in [0.29, 0.717) is 5.56 Å². The maximum absolute atomic E-state index is 13.0. The predicted molar refractivity (Wildman–Crippen MR) is 86.7 cm³/mol. The lowest BCUT2D eigenvalue weighted by Gasteiger charge is -2.18. The van der Waals surface area contributed by atoms with E-state index in [-0.39, 0.29) is 30.9 Å². The first kappa shape index (κ1) is 16.9. The largest absolute Gasteiger partial charge is 0.395 e. The molecule has 1 heterocycles. The van der Waals surface area contributed by atoms with Gasteiger partial charge in [-0.15, -0.1) is 0 Å². The standard InChI is InChI=1S/C17H20FN3O2/c1-2-15(16-7-6-13(18)11-20-16)21-14-5-3-4-12(10-14)17(23)19-8-9-22/h3-7,10-11,15,21-22H,2,8-9H2,1H3,(H,19,23). The lowest BCUT2D eigenvalue weighted by atomic mass is 10.1. The van der Waals surface area contributed by atoms with E-state index in [4.69, 9.17) is 5.11 Å². The van der Waals surface area contributed by atoms with E-state index in [2.05, 4.69) is 15.6 Å². The van der Waals surface area contributed by atoms with E-state index in [9.17, 15) is 9.18 Å². The van der Waals surface area contributed by atoms with Crippen molar-refractivity contribution >= 4 is 11.6 Å². The smallest absolute Gasteiger partial charge is 0.251 e. The van der Waals surface area contributed by atoms with Gasteiger partial charge in [0.1, 0.15) is 5.82 Å². The zero-order valence-corrected chi connectivity index (χ0v) is 12.9. The first-order chi connectivity index (χ1) is 11.1. The number of pyridine rings is 1. The fourth-order valence-electron chi connectivity index (χ4n) is 2.20. The molecule has 23 heavy (non-hydrogen) atoms. The Hall–Kier alpha value is -2.47. The van der Waals surface area contributed by atoms with Crippen LogP contribution in [0.5, 0.6) is 0 Å². The van der Waals surface area contributed by atoms with Gasteiger partial charge in [-0.25, -0.2) is 4.39 Å². The first-order valence-corrected chi connectivity index (χ1v) is 7.51. The minimum atomic E-state index is -0.369. The molecule has 0 aliphatic carbocycles. The Labute approximate surface area is 134 Å². The molecule has 0 saturated heterocycles. The first-order valence-electron chi connectivity index (χ1n) is 7.51. The molecule has 3 N–H and O–H groups in total. The molecule has 122 valence electrons. The Bertz CT molecular complexity index is 647. The zero-order chi connectivity index (χ0) is 16.7. The van der Waals surface area contributed by atoms with Crippen LogP contribution in [0.2, 0.25) is 0 Å². The molecule has 1 aromatic carbocycles. The van der Waals surface area contributed by atoms with E-state index < -0.39 is 0 Å². The predicted octanol–water partition coefficient (Wildman–Crippen LogP) is 2.51. The minimum absolute atomic E-state index is 0.0775. The average molecular weight is 317 g/mol. The second-order valence-corrected chi connectivity index (χ2v) is 5.07. The molecule has 0 aliphatic heterocycles. The molecule has 5 nitrogen and oxygen atoms in total. The summed E-state index contributed by atoms with van der Waals surface area (Å²) >= 11 is 0. The second-order valence-electron chi connectivity index (χ2n) is 5.07. The van der Waals surface area contributed by atoms with Gasteiger partial charge in [-0.05, 0) is 36.8 Å². The molecular weight excluding hydrogens is 297 g/mol. The molecule has 2 aromatic rings. The monoisotopic (exact) mass is 317 g/mol. The normalized spacial score (nSPS) is 11.8. The Morgan fingerprint density at radius 2 is 2.17 bits per heavy atom. The number of aromatic nitrogens is 1. The van der Waals surface area contributed by atoms with Crippen molar-refractivity contribution in [2.24, 2.45) is 0 Å². The Kier molecular flexibility index (Phi) is 6.05. The van der Waals surface area contributed by atoms with Crippen LogP contribution in [0.15, 0.2) is 42.6 Å². The van der Waals surface area contributed by atoms with Crippen LogP contribution < -0.4 is 10.6 Å². The van der Waals surface area contributed by atoms with Crippen molar-refractivity contribution in [3.8, 4) is 0 Å². The van der Waals surface area contributed by atoms with Crippen LogP contribution in [0.4, 0.5) is 10.1 Å². The van der Waals surface area contributed by atoms with Crippen LogP contribution >= 0.6 is 0 Å². The molecule has 0 spiro atoms. The number of carbonyl (C=O) groups is 1. The molecule has 2 rings (SSSR count). The van der Waals surface area contributed by atoms with Gasteiger partial charge in [-0.3, -0.25) is 9.78 Å². The van der Waals surface area contributed by atoms with Gasteiger partial charge < -0.3 is 15.7 Å². The van der Waals surface area contributed by atoms with Crippen molar-refractivity contribution in [1.29, 1.82) is 0 Å². The van der Waals surface area contributed by atoms with Gasteiger partial charge in [-0.2, -0.15) is 0 Å². The van der Waals surface area contributed by atoms with Gasteiger partial charge in [0.25, 0.3) is 5.91 Å². The van der Waals surface area contributed by atoms with E-state index in [1.54, 1.807) is 24.3 Å². The van der Waals surface area contributed by atoms with Crippen molar-refractivity contribution in [1.82, 2.24) is 10.3 Å². The molecule has 0 radical (unpaired) electrons. The lowest BCUT2D eigenvalue weighted by molar-refractivity contribution is 0.0945. The number of carbonyl (C=O) groups excluding carboxylic acids is 1. The van der Waals surface area contributed by atoms with Crippen molar-refractivity contribution in [2.45, 2.75) is 19.4 Å². The molecular formula is C17H20FN3O2. The van der Waals surface area contributed by atoms with E-state index in [1.165, 1.54) is 12.3 Å². The minimum Gasteiger partial charge on any atom is -0.395 e. The molecule has 1 aromatic heterocycles. The number of benzene rings is 1. The highest BCUT2D eigenvalue weighted by Crippen LogP contribution is 2.22. The number of nitrogens with zero attached hydrogens (tertiary/aromatic N) is 1. The molecule has 1 amide bonds. The number of nitrogens with one attached hydrogen (secondary N) is 2. The van der Waals surface area contributed by atoms with Gasteiger partial charge in [-0.1, -0.05) is 13.0 Å². The van der Waals surface area contributed by atoms with Crippen molar-refractivity contribution < 1.29 is 14.3 Å². The summed E-state index contributed by atoms with van der Waals surface area (Å²) in [6.45, 7) is 2.12. The third kappa shape index (κ3) is 4.75. The summed E-state index contributed by atoms with van der Waals surface area (Å²) in [5.74, 6) is -0.609. The lowest BCUT2D eigenvalue weighted by Crippen LogP contribution is -2.26.